The van der Waals surface area contributed by atoms with Gasteiger partial charge in [0.15, 0.2) is 5.96 Å². The molecule has 1 fully saturated rings. The molecule has 1 saturated heterocycles. The summed E-state index contributed by atoms with van der Waals surface area (Å²) >= 11 is 0. The molecule has 2 rings (SSSR count). The first kappa shape index (κ1) is 25.7. The normalized spacial score (nSPS) is 17.4. The smallest absolute Gasteiger partial charge is 0.223 e. The minimum Gasteiger partial charge on any atom is -0.356 e. The van der Waals surface area contributed by atoms with E-state index in [1.54, 1.807) is 7.05 Å². The molecule has 0 saturated carbocycles. The Labute approximate surface area is 194 Å². The lowest BCUT2D eigenvalue weighted by molar-refractivity contribution is -0.127. The van der Waals surface area contributed by atoms with Crippen LogP contribution in [-0.2, 0) is 11.2 Å². The highest BCUT2D eigenvalue weighted by atomic mass is 127. The number of rotatable bonds is 9. The maximum absolute atomic E-state index is 12.3. The van der Waals surface area contributed by atoms with Gasteiger partial charge in [-0.25, -0.2) is 0 Å². The van der Waals surface area contributed by atoms with Crippen LogP contribution in [0.2, 0.25) is 0 Å². The third-order valence-corrected chi connectivity index (χ3v) is 5.28. The Morgan fingerprint density at radius 1 is 1.24 bits per heavy atom. The van der Waals surface area contributed by atoms with Crippen LogP contribution in [0.3, 0.4) is 0 Å². The van der Waals surface area contributed by atoms with Crippen molar-refractivity contribution in [3.05, 3.63) is 35.9 Å². The van der Waals surface area contributed by atoms with Crippen LogP contribution >= 0.6 is 24.0 Å². The van der Waals surface area contributed by atoms with Crippen molar-refractivity contribution in [3.8, 4) is 0 Å². The fourth-order valence-corrected chi connectivity index (χ4v) is 4.08. The van der Waals surface area contributed by atoms with Gasteiger partial charge in [0.1, 0.15) is 0 Å². The van der Waals surface area contributed by atoms with Gasteiger partial charge >= 0.3 is 0 Å². The van der Waals surface area contributed by atoms with Gasteiger partial charge < -0.3 is 15.5 Å². The fraction of sp³-hybridized carbons (Fsp3) is 0.652. The molecule has 1 unspecified atom stereocenters. The molecule has 164 valence electrons. The van der Waals surface area contributed by atoms with Gasteiger partial charge in [0, 0.05) is 45.6 Å². The summed E-state index contributed by atoms with van der Waals surface area (Å²) in [6.45, 7) is 12.4. The second-order valence-electron chi connectivity index (χ2n) is 9.21. The van der Waals surface area contributed by atoms with Gasteiger partial charge in [-0.15, -0.1) is 24.0 Å². The zero-order valence-electron chi connectivity index (χ0n) is 18.7. The number of amides is 1. The van der Waals surface area contributed by atoms with Crippen molar-refractivity contribution in [1.82, 2.24) is 15.5 Å². The van der Waals surface area contributed by atoms with Crippen LogP contribution < -0.4 is 10.6 Å². The minimum absolute atomic E-state index is 0. The molecule has 1 aliphatic heterocycles. The Bertz CT molecular complexity index is 646. The van der Waals surface area contributed by atoms with E-state index in [-0.39, 0.29) is 35.3 Å². The molecule has 0 aliphatic carbocycles. The Morgan fingerprint density at radius 3 is 2.55 bits per heavy atom. The molecule has 1 heterocycles. The highest BCUT2D eigenvalue weighted by Gasteiger charge is 2.29. The standard InChI is InChI=1S/C23H38N4O.HI/c1-18(2)14-23(3,4)17-26-22(24-5)25-15-20-13-21(28)27(16-20)12-11-19-9-7-6-8-10-19;/h6-10,18,20H,11-17H2,1-5H3,(H2,24,25,26);1H. The zero-order valence-corrected chi connectivity index (χ0v) is 21.0. The first-order valence-corrected chi connectivity index (χ1v) is 10.6. The maximum Gasteiger partial charge on any atom is 0.223 e. The number of hydrogen-bond donors (Lipinski definition) is 2. The van der Waals surface area contributed by atoms with Gasteiger partial charge in [0.2, 0.25) is 5.91 Å². The maximum atomic E-state index is 12.3. The highest BCUT2D eigenvalue weighted by Crippen LogP contribution is 2.24. The predicted octanol–water partition coefficient (Wildman–Crippen LogP) is 3.93. The van der Waals surface area contributed by atoms with Crippen LogP contribution in [0.25, 0.3) is 0 Å². The number of guanidine groups is 1. The molecule has 1 aliphatic rings. The molecule has 2 N–H and O–H groups in total. The van der Waals surface area contributed by atoms with E-state index in [9.17, 15) is 4.79 Å². The van der Waals surface area contributed by atoms with Crippen LogP contribution in [-0.4, -0.2) is 50.0 Å². The van der Waals surface area contributed by atoms with Gasteiger partial charge in [0.25, 0.3) is 0 Å². The van der Waals surface area contributed by atoms with E-state index in [1.165, 1.54) is 12.0 Å². The second kappa shape index (κ2) is 12.4. The van der Waals surface area contributed by atoms with Gasteiger partial charge in [-0.1, -0.05) is 58.0 Å². The van der Waals surface area contributed by atoms with Crippen LogP contribution in [0.1, 0.15) is 46.1 Å². The molecule has 29 heavy (non-hydrogen) atoms. The lowest BCUT2D eigenvalue weighted by Gasteiger charge is -2.28. The fourth-order valence-electron chi connectivity index (χ4n) is 4.08. The van der Waals surface area contributed by atoms with Gasteiger partial charge in [-0.3, -0.25) is 9.79 Å². The Kier molecular flexibility index (Phi) is 11.0. The number of carbonyl (C=O) groups is 1. The Hall–Kier alpha value is -1.31. The molecule has 0 aromatic heterocycles. The third-order valence-electron chi connectivity index (χ3n) is 5.28. The molecule has 0 spiro atoms. The van der Waals surface area contributed by atoms with Crippen molar-refractivity contribution in [2.75, 3.05) is 33.2 Å². The molecule has 1 atom stereocenters. The van der Waals surface area contributed by atoms with Crippen molar-refractivity contribution < 1.29 is 4.79 Å². The van der Waals surface area contributed by atoms with Gasteiger partial charge in [-0.05, 0) is 29.7 Å². The number of halogens is 1. The Balaban J connectivity index is 0.00000420. The molecular weight excluding hydrogens is 475 g/mol. The average molecular weight is 514 g/mol. The quantitative estimate of drug-likeness (QED) is 0.298. The van der Waals surface area contributed by atoms with E-state index in [2.05, 4.69) is 67.6 Å². The summed E-state index contributed by atoms with van der Waals surface area (Å²) in [6, 6.07) is 10.4. The number of benzene rings is 1. The van der Waals surface area contributed by atoms with Crippen molar-refractivity contribution in [2.24, 2.45) is 22.2 Å². The van der Waals surface area contributed by atoms with Gasteiger partial charge in [0.05, 0.1) is 0 Å². The summed E-state index contributed by atoms with van der Waals surface area (Å²) in [5, 5.41) is 6.86. The molecule has 1 amide bonds. The summed E-state index contributed by atoms with van der Waals surface area (Å²) in [5.41, 5.74) is 1.51. The number of hydrogen-bond acceptors (Lipinski definition) is 2. The zero-order chi connectivity index (χ0) is 20.6. The molecule has 1 aromatic carbocycles. The van der Waals surface area contributed by atoms with E-state index in [0.29, 0.717) is 18.3 Å². The van der Waals surface area contributed by atoms with Crippen molar-refractivity contribution in [2.45, 2.75) is 47.0 Å². The molecule has 5 nitrogen and oxygen atoms in total. The van der Waals surface area contributed by atoms with Crippen molar-refractivity contribution in [1.29, 1.82) is 0 Å². The van der Waals surface area contributed by atoms with Crippen LogP contribution in [0.4, 0.5) is 0 Å². The topological polar surface area (TPSA) is 56.7 Å². The molecule has 1 aromatic rings. The van der Waals surface area contributed by atoms with E-state index in [0.717, 1.165) is 38.6 Å². The SMILES string of the molecule is CN=C(NCC1CC(=O)N(CCc2ccccc2)C1)NCC(C)(C)CC(C)C.I. The van der Waals surface area contributed by atoms with Crippen LogP contribution in [0, 0.1) is 17.3 Å². The summed E-state index contributed by atoms with van der Waals surface area (Å²) in [7, 11) is 1.80. The van der Waals surface area contributed by atoms with E-state index < -0.39 is 0 Å². The first-order chi connectivity index (χ1) is 13.3. The first-order valence-electron chi connectivity index (χ1n) is 10.6. The summed E-state index contributed by atoms with van der Waals surface area (Å²) in [4.78, 5) is 18.7. The number of likely N-dealkylation sites (tertiary alicyclic amines) is 1. The highest BCUT2D eigenvalue weighted by molar-refractivity contribution is 14.0. The number of aliphatic imine (C=N–C) groups is 1. The summed E-state index contributed by atoms with van der Waals surface area (Å²) in [6.07, 6.45) is 2.71. The van der Waals surface area contributed by atoms with E-state index in [4.69, 9.17) is 0 Å². The average Bonchev–Trinajstić information content (AvgIpc) is 2.99. The number of carbonyl (C=O) groups excluding carboxylic acids is 1. The molecule has 0 radical (unpaired) electrons. The number of nitrogens with one attached hydrogen (secondary N) is 2. The summed E-state index contributed by atoms with van der Waals surface area (Å²) in [5.74, 6) is 2.11. The monoisotopic (exact) mass is 514 g/mol. The van der Waals surface area contributed by atoms with Crippen LogP contribution in [0.15, 0.2) is 35.3 Å². The largest absolute Gasteiger partial charge is 0.356 e. The predicted molar refractivity (Wildman–Crippen MR) is 133 cm³/mol. The molecular formula is C23H39IN4O. The van der Waals surface area contributed by atoms with E-state index >= 15 is 0 Å². The van der Waals surface area contributed by atoms with Crippen molar-refractivity contribution >= 4 is 35.8 Å². The Morgan fingerprint density at radius 2 is 1.93 bits per heavy atom. The van der Waals surface area contributed by atoms with Gasteiger partial charge in [-0.2, -0.15) is 0 Å². The second-order valence-corrected chi connectivity index (χ2v) is 9.21. The number of nitrogens with zero attached hydrogens (tertiary/aromatic N) is 2. The molecule has 6 heteroatoms. The molecule has 0 bridgehead atoms. The summed E-state index contributed by atoms with van der Waals surface area (Å²) < 4.78 is 0. The van der Waals surface area contributed by atoms with Crippen molar-refractivity contribution in [3.63, 3.8) is 0 Å². The minimum atomic E-state index is 0. The van der Waals surface area contributed by atoms with Crippen LogP contribution in [0.5, 0.6) is 0 Å². The third kappa shape index (κ3) is 9.36. The lowest BCUT2D eigenvalue weighted by Crippen LogP contribution is -2.44. The van der Waals surface area contributed by atoms with E-state index in [1.807, 2.05) is 11.0 Å². The lowest BCUT2D eigenvalue weighted by atomic mass is 9.84.